The van der Waals surface area contributed by atoms with Crippen molar-refractivity contribution in [2.45, 2.75) is 44.9 Å². The Balaban J connectivity index is 2.11. The number of hydrogen-bond donors (Lipinski definition) is 0. The van der Waals surface area contributed by atoms with Crippen LogP contribution in [-0.2, 0) is 23.7 Å². The van der Waals surface area contributed by atoms with E-state index in [0.29, 0.717) is 6.61 Å². The van der Waals surface area contributed by atoms with Crippen molar-refractivity contribution in [2.24, 2.45) is 0 Å². The van der Waals surface area contributed by atoms with Crippen LogP contribution >= 0.6 is 0 Å². The molecule has 2 aliphatic heterocycles. The van der Waals surface area contributed by atoms with Crippen molar-refractivity contribution in [1.29, 1.82) is 0 Å². The Labute approximate surface area is 94.3 Å². The number of carbonyl (C=O) groups is 1. The minimum Gasteiger partial charge on any atom is -0.493 e. The molecule has 3 atom stereocenters. The summed E-state index contributed by atoms with van der Waals surface area (Å²) in [6.07, 6.45) is 2.28. The van der Waals surface area contributed by atoms with Gasteiger partial charge in [-0.2, -0.15) is 0 Å². The second kappa shape index (κ2) is 4.07. The number of esters is 1. The molecule has 0 aliphatic carbocycles. The molecular weight excluding hydrogens is 212 g/mol. The number of rotatable bonds is 1. The molecule has 0 aromatic heterocycles. The summed E-state index contributed by atoms with van der Waals surface area (Å²) in [5.41, 5.74) is 0. The minimum absolute atomic E-state index is 0.220. The lowest BCUT2D eigenvalue weighted by Crippen LogP contribution is -2.55. The van der Waals surface area contributed by atoms with Gasteiger partial charge in [-0.25, -0.2) is 0 Å². The standard InChI is InChI=1S/C11H16O5/c1-7(12)15-8-4-5-13-9-6-14-11(2,3)16-10(8)9/h4-5,8-10H,6H2,1-3H3/t8-,9-,10+/m1/s1. The van der Waals surface area contributed by atoms with Crippen molar-refractivity contribution in [3.05, 3.63) is 12.3 Å². The second-order valence-electron chi connectivity index (χ2n) is 4.37. The molecule has 5 nitrogen and oxygen atoms in total. The molecule has 0 spiro atoms. The normalized spacial score (nSPS) is 36.1. The lowest BCUT2D eigenvalue weighted by Gasteiger charge is -2.43. The van der Waals surface area contributed by atoms with Gasteiger partial charge in [-0.3, -0.25) is 4.79 Å². The fourth-order valence-corrected chi connectivity index (χ4v) is 1.84. The summed E-state index contributed by atoms with van der Waals surface area (Å²) in [7, 11) is 0. The number of carbonyl (C=O) groups excluding carboxylic acids is 1. The van der Waals surface area contributed by atoms with Crippen molar-refractivity contribution < 1.29 is 23.7 Å². The van der Waals surface area contributed by atoms with Crippen LogP contribution in [0.4, 0.5) is 0 Å². The fraction of sp³-hybridized carbons (Fsp3) is 0.727. The highest BCUT2D eigenvalue weighted by molar-refractivity contribution is 5.66. The van der Waals surface area contributed by atoms with Crippen LogP contribution in [0.1, 0.15) is 20.8 Å². The van der Waals surface area contributed by atoms with Gasteiger partial charge in [-0.1, -0.05) is 0 Å². The minimum atomic E-state index is -0.673. The molecule has 2 heterocycles. The summed E-state index contributed by atoms with van der Waals surface area (Å²) < 4.78 is 21.7. The summed E-state index contributed by atoms with van der Waals surface area (Å²) in [5.74, 6) is -1.00. The average Bonchev–Trinajstić information content (AvgIpc) is 2.17. The number of ether oxygens (including phenoxy) is 4. The first-order valence-corrected chi connectivity index (χ1v) is 5.29. The van der Waals surface area contributed by atoms with E-state index in [1.165, 1.54) is 13.2 Å². The molecule has 16 heavy (non-hydrogen) atoms. The van der Waals surface area contributed by atoms with E-state index in [-0.39, 0.29) is 18.2 Å². The molecule has 0 aromatic carbocycles. The molecule has 1 saturated heterocycles. The first kappa shape index (κ1) is 11.4. The smallest absolute Gasteiger partial charge is 0.303 e. The summed E-state index contributed by atoms with van der Waals surface area (Å²) in [6, 6.07) is 0. The summed E-state index contributed by atoms with van der Waals surface area (Å²) >= 11 is 0. The molecule has 2 aliphatic rings. The molecular formula is C11H16O5. The molecule has 90 valence electrons. The molecule has 0 N–H and O–H groups in total. The van der Waals surface area contributed by atoms with E-state index in [0.717, 1.165) is 0 Å². The summed E-state index contributed by atoms with van der Waals surface area (Å²) in [6.45, 7) is 5.46. The summed E-state index contributed by atoms with van der Waals surface area (Å²) in [4.78, 5) is 11.0. The van der Waals surface area contributed by atoms with Crippen LogP contribution in [0, 0.1) is 0 Å². The predicted molar refractivity (Wildman–Crippen MR) is 54.5 cm³/mol. The molecule has 0 bridgehead atoms. The van der Waals surface area contributed by atoms with E-state index in [9.17, 15) is 4.79 Å². The number of fused-ring (bicyclic) bond motifs is 1. The van der Waals surface area contributed by atoms with Gasteiger partial charge in [0.15, 0.2) is 18.0 Å². The predicted octanol–water partition coefficient (Wildman–Crippen LogP) is 0.982. The van der Waals surface area contributed by atoms with Gasteiger partial charge in [-0.05, 0) is 19.9 Å². The van der Waals surface area contributed by atoms with E-state index < -0.39 is 11.9 Å². The van der Waals surface area contributed by atoms with Gasteiger partial charge in [0, 0.05) is 6.92 Å². The van der Waals surface area contributed by atoms with Gasteiger partial charge in [0.2, 0.25) is 0 Å². The molecule has 2 rings (SSSR count). The van der Waals surface area contributed by atoms with Crippen LogP contribution in [0.15, 0.2) is 12.3 Å². The maximum atomic E-state index is 11.0. The van der Waals surface area contributed by atoms with Gasteiger partial charge < -0.3 is 18.9 Å². The first-order valence-electron chi connectivity index (χ1n) is 5.29. The Morgan fingerprint density at radius 1 is 1.50 bits per heavy atom. The highest BCUT2D eigenvalue weighted by Gasteiger charge is 2.44. The van der Waals surface area contributed by atoms with Gasteiger partial charge in [0.05, 0.1) is 12.9 Å². The summed E-state index contributed by atoms with van der Waals surface area (Å²) in [5, 5.41) is 0. The van der Waals surface area contributed by atoms with Crippen molar-refractivity contribution in [2.75, 3.05) is 6.61 Å². The van der Waals surface area contributed by atoms with Crippen molar-refractivity contribution >= 4 is 5.97 Å². The highest BCUT2D eigenvalue weighted by atomic mass is 16.7. The van der Waals surface area contributed by atoms with Crippen LogP contribution < -0.4 is 0 Å². The van der Waals surface area contributed by atoms with Crippen LogP contribution in [0.3, 0.4) is 0 Å². The van der Waals surface area contributed by atoms with Crippen molar-refractivity contribution in [1.82, 2.24) is 0 Å². The van der Waals surface area contributed by atoms with E-state index in [1.807, 2.05) is 13.8 Å². The van der Waals surface area contributed by atoms with E-state index in [1.54, 1.807) is 6.08 Å². The third kappa shape index (κ3) is 2.36. The average molecular weight is 228 g/mol. The maximum absolute atomic E-state index is 11.0. The van der Waals surface area contributed by atoms with Gasteiger partial charge >= 0.3 is 5.97 Å². The van der Waals surface area contributed by atoms with E-state index in [4.69, 9.17) is 18.9 Å². The second-order valence-corrected chi connectivity index (χ2v) is 4.37. The Bertz CT molecular complexity index is 309. The van der Waals surface area contributed by atoms with E-state index >= 15 is 0 Å². The third-order valence-corrected chi connectivity index (χ3v) is 2.53. The SMILES string of the molecule is CC(=O)O[C@@H]1C=CO[C@@H]2COC(C)(C)O[C@@H]12. The molecule has 0 amide bonds. The van der Waals surface area contributed by atoms with Crippen LogP contribution in [0.2, 0.25) is 0 Å². The lowest BCUT2D eigenvalue weighted by atomic mass is 10.0. The molecule has 0 aromatic rings. The van der Waals surface area contributed by atoms with Gasteiger partial charge in [0.1, 0.15) is 6.10 Å². The van der Waals surface area contributed by atoms with Gasteiger partial charge in [0.25, 0.3) is 0 Å². The Hall–Kier alpha value is -1.07. The molecule has 0 radical (unpaired) electrons. The molecule has 5 heteroatoms. The zero-order valence-electron chi connectivity index (χ0n) is 9.64. The van der Waals surface area contributed by atoms with Crippen molar-refractivity contribution in [3.63, 3.8) is 0 Å². The molecule has 0 saturated carbocycles. The quantitative estimate of drug-likeness (QED) is 0.626. The number of hydrogen-bond acceptors (Lipinski definition) is 5. The van der Waals surface area contributed by atoms with Crippen LogP contribution in [-0.4, -0.2) is 36.7 Å². The van der Waals surface area contributed by atoms with E-state index in [2.05, 4.69) is 0 Å². The van der Waals surface area contributed by atoms with Crippen LogP contribution in [0.25, 0.3) is 0 Å². The molecule has 1 fully saturated rings. The fourth-order valence-electron chi connectivity index (χ4n) is 1.84. The Kier molecular flexibility index (Phi) is 2.90. The highest BCUT2D eigenvalue weighted by Crippen LogP contribution is 2.29. The van der Waals surface area contributed by atoms with Gasteiger partial charge in [-0.15, -0.1) is 0 Å². The third-order valence-electron chi connectivity index (χ3n) is 2.53. The Morgan fingerprint density at radius 2 is 2.25 bits per heavy atom. The monoisotopic (exact) mass is 228 g/mol. The van der Waals surface area contributed by atoms with Crippen LogP contribution in [0.5, 0.6) is 0 Å². The topological polar surface area (TPSA) is 54.0 Å². The Morgan fingerprint density at radius 3 is 2.94 bits per heavy atom. The zero-order valence-corrected chi connectivity index (χ0v) is 9.64. The maximum Gasteiger partial charge on any atom is 0.303 e. The zero-order chi connectivity index (χ0) is 11.8. The largest absolute Gasteiger partial charge is 0.493 e. The lowest BCUT2D eigenvalue weighted by molar-refractivity contribution is -0.319. The molecule has 0 unspecified atom stereocenters. The first-order chi connectivity index (χ1) is 7.48. The van der Waals surface area contributed by atoms with Crippen molar-refractivity contribution in [3.8, 4) is 0 Å².